The molecule has 0 amide bonds. The topological polar surface area (TPSA) is 80.1 Å². The Bertz CT molecular complexity index is 1320. The molecule has 32 heavy (non-hydrogen) atoms. The highest BCUT2D eigenvalue weighted by Gasteiger charge is 2.29. The molecular formula is C25H26FN3O3. The van der Waals surface area contributed by atoms with Crippen LogP contribution in [0.2, 0.25) is 0 Å². The number of halogens is 1. The van der Waals surface area contributed by atoms with Crippen LogP contribution in [0.4, 0.5) is 4.39 Å². The monoisotopic (exact) mass is 435 g/mol. The zero-order valence-corrected chi connectivity index (χ0v) is 18.2. The lowest BCUT2D eigenvalue weighted by atomic mass is 9.89. The van der Waals surface area contributed by atoms with E-state index in [1.165, 1.54) is 6.07 Å². The smallest absolute Gasteiger partial charge is 0.306 e. The molecule has 1 atom stereocenters. The molecule has 1 saturated heterocycles. The van der Waals surface area contributed by atoms with Gasteiger partial charge in [0.1, 0.15) is 5.82 Å². The average Bonchev–Trinajstić information content (AvgIpc) is 3.37. The van der Waals surface area contributed by atoms with Gasteiger partial charge in [0.05, 0.1) is 23.1 Å². The number of carboxylic acids is 1. The maximum Gasteiger partial charge on any atom is 0.306 e. The Balaban J connectivity index is 1.85. The minimum atomic E-state index is -0.816. The summed E-state index contributed by atoms with van der Waals surface area (Å²) in [6.45, 7) is 4.86. The third kappa shape index (κ3) is 3.46. The molecule has 1 unspecified atom stereocenters. The third-order valence-corrected chi connectivity index (χ3v) is 6.61. The Morgan fingerprint density at radius 2 is 2.09 bits per heavy atom. The number of nitrogens with zero attached hydrogens (tertiary/aromatic N) is 2. The molecule has 6 nitrogen and oxygen atoms in total. The van der Waals surface area contributed by atoms with Gasteiger partial charge in [-0.25, -0.2) is 4.39 Å². The molecule has 0 spiro atoms. The minimum Gasteiger partial charge on any atom is -0.481 e. The number of nitrogens with one attached hydrogen (secondary N) is 1. The predicted octanol–water partition coefficient (Wildman–Crippen LogP) is 5.11. The number of aryl methyl sites for hydroxylation is 1. The van der Waals surface area contributed by atoms with E-state index >= 15 is 0 Å². The Morgan fingerprint density at radius 3 is 2.81 bits per heavy atom. The summed E-state index contributed by atoms with van der Waals surface area (Å²) in [5.74, 6) is -1.35. The van der Waals surface area contributed by atoms with Crippen molar-refractivity contribution in [2.24, 2.45) is 5.92 Å². The van der Waals surface area contributed by atoms with Crippen LogP contribution in [-0.4, -0.2) is 39.1 Å². The first kappa shape index (κ1) is 20.7. The van der Waals surface area contributed by atoms with E-state index in [4.69, 9.17) is 4.74 Å². The lowest BCUT2D eigenvalue weighted by Crippen LogP contribution is -2.20. The number of ether oxygens (including phenoxy) is 1. The Labute approximate surface area is 185 Å². The van der Waals surface area contributed by atoms with Gasteiger partial charge in [-0.15, -0.1) is 0 Å². The maximum atomic E-state index is 14.1. The largest absolute Gasteiger partial charge is 0.481 e. The van der Waals surface area contributed by atoms with Gasteiger partial charge in [0.25, 0.3) is 0 Å². The number of benzene rings is 2. The maximum absolute atomic E-state index is 14.1. The Kier molecular flexibility index (Phi) is 5.21. The van der Waals surface area contributed by atoms with E-state index < -0.39 is 11.9 Å². The van der Waals surface area contributed by atoms with Crippen LogP contribution >= 0.6 is 0 Å². The first-order chi connectivity index (χ1) is 15.4. The lowest BCUT2D eigenvalue weighted by Gasteiger charge is -2.26. The zero-order chi connectivity index (χ0) is 22.4. The molecule has 0 bridgehead atoms. The minimum absolute atomic E-state index is 0.231. The average molecular weight is 435 g/mol. The molecule has 166 valence electrons. The summed E-state index contributed by atoms with van der Waals surface area (Å²) in [5.41, 5.74) is 5.51. The molecule has 2 aromatic heterocycles. The van der Waals surface area contributed by atoms with E-state index in [0.717, 1.165) is 51.6 Å². The molecular weight excluding hydrogens is 409 g/mol. The molecule has 1 aliphatic heterocycles. The fraction of sp³-hybridized carbons (Fsp3) is 0.360. The Hall–Kier alpha value is -3.19. The van der Waals surface area contributed by atoms with E-state index in [9.17, 15) is 14.3 Å². The number of aromatic nitrogens is 3. The van der Waals surface area contributed by atoms with E-state index in [1.807, 2.05) is 6.07 Å². The van der Waals surface area contributed by atoms with Gasteiger partial charge in [-0.05, 0) is 67.6 Å². The van der Waals surface area contributed by atoms with Crippen LogP contribution < -0.4 is 0 Å². The number of carbonyl (C=O) groups is 1. The summed E-state index contributed by atoms with van der Waals surface area (Å²) in [6, 6.07) is 9.32. The number of hydrogen-bond acceptors (Lipinski definition) is 3. The number of aromatic amines is 1. The summed E-state index contributed by atoms with van der Waals surface area (Å²) >= 11 is 0. The fourth-order valence-electron chi connectivity index (χ4n) is 4.86. The van der Waals surface area contributed by atoms with Crippen molar-refractivity contribution in [3.05, 3.63) is 59.2 Å². The molecule has 1 fully saturated rings. The first-order valence-electron chi connectivity index (χ1n) is 11.0. The third-order valence-electron chi connectivity index (χ3n) is 6.61. The summed E-state index contributed by atoms with van der Waals surface area (Å²) in [5, 5.41) is 18.9. The van der Waals surface area contributed by atoms with Crippen LogP contribution in [0, 0.1) is 18.7 Å². The highest BCUT2D eigenvalue weighted by Crippen LogP contribution is 2.40. The quantitative estimate of drug-likeness (QED) is 0.456. The van der Waals surface area contributed by atoms with Crippen LogP contribution in [0.15, 0.2) is 36.5 Å². The van der Waals surface area contributed by atoms with Crippen molar-refractivity contribution in [1.82, 2.24) is 14.8 Å². The summed E-state index contributed by atoms with van der Waals surface area (Å²) in [4.78, 5) is 11.8. The standard InChI is InChI=1S/C25H26FN3O3/c1-14-9-18(3-4-21(14)26)29-23-11-17-13-27-28-22(17)12-19(23)20(10-15(2)25(30)31)24(29)16-5-7-32-8-6-16/h3-4,9,11-13,15-16H,5-8,10H2,1-2H3,(H,27,28)(H,30,31). The number of hydrogen-bond donors (Lipinski definition) is 2. The summed E-state index contributed by atoms with van der Waals surface area (Å²) < 4.78 is 21.9. The van der Waals surface area contributed by atoms with Gasteiger partial charge in [0.15, 0.2) is 0 Å². The van der Waals surface area contributed by atoms with Gasteiger partial charge in [-0.3, -0.25) is 9.89 Å². The SMILES string of the molecule is Cc1cc(-n2c(C3CCOCC3)c(CC(C)C(=O)O)c3cc4[nH]ncc4cc32)ccc1F. The van der Waals surface area contributed by atoms with Crippen molar-refractivity contribution in [3.8, 4) is 5.69 Å². The number of carboxylic acid groups (broad SMARTS) is 1. The predicted molar refractivity (Wildman–Crippen MR) is 121 cm³/mol. The highest BCUT2D eigenvalue weighted by atomic mass is 19.1. The van der Waals surface area contributed by atoms with Crippen molar-refractivity contribution >= 4 is 27.8 Å². The molecule has 0 aliphatic carbocycles. The zero-order valence-electron chi connectivity index (χ0n) is 18.2. The normalized spacial score (nSPS) is 16.1. The van der Waals surface area contributed by atoms with E-state index in [0.29, 0.717) is 25.2 Å². The van der Waals surface area contributed by atoms with Gasteiger partial charge in [-0.1, -0.05) is 6.92 Å². The van der Waals surface area contributed by atoms with Gasteiger partial charge in [0, 0.05) is 41.3 Å². The summed E-state index contributed by atoms with van der Waals surface area (Å²) in [7, 11) is 0. The van der Waals surface area contributed by atoms with Crippen LogP contribution in [0.5, 0.6) is 0 Å². The van der Waals surface area contributed by atoms with Gasteiger partial charge < -0.3 is 14.4 Å². The second-order valence-electron chi connectivity index (χ2n) is 8.79. The van der Waals surface area contributed by atoms with Crippen molar-refractivity contribution in [1.29, 1.82) is 0 Å². The molecule has 2 N–H and O–H groups in total. The van der Waals surface area contributed by atoms with Gasteiger partial charge in [-0.2, -0.15) is 5.10 Å². The lowest BCUT2D eigenvalue weighted by molar-refractivity contribution is -0.141. The molecule has 1 aliphatic rings. The molecule has 3 heterocycles. The number of fused-ring (bicyclic) bond motifs is 2. The van der Waals surface area contributed by atoms with Crippen molar-refractivity contribution in [2.45, 2.75) is 39.0 Å². The van der Waals surface area contributed by atoms with E-state index in [-0.39, 0.29) is 11.7 Å². The molecule has 2 aromatic carbocycles. The highest BCUT2D eigenvalue weighted by molar-refractivity contribution is 5.99. The van der Waals surface area contributed by atoms with Gasteiger partial charge in [0.2, 0.25) is 0 Å². The number of aliphatic carboxylic acids is 1. The first-order valence-corrected chi connectivity index (χ1v) is 11.0. The van der Waals surface area contributed by atoms with Crippen molar-refractivity contribution in [2.75, 3.05) is 13.2 Å². The second kappa shape index (κ2) is 8.06. The van der Waals surface area contributed by atoms with E-state index in [2.05, 4.69) is 26.9 Å². The number of rotatable bonds is 5. The molecule has 0 saturated carbocycles. The van der Waals surface area contributed by atoms with E-state index in [1.54, 1.807) is 26.1 Å². The molecule has 0 radical (unpaired) electrons. The second-order valence-corrected chi connectivity index (χ2v) is 8.79. The van der Waals surface area contributed by atoms with Crippen LogP contribution in [-0.2, 0) is 16.0 Å². The molecule has 5 rings (SSSR count). The van der Waals surface area contributed by atoms with Crippen LogP contribution in [0.25, 0.3) is 27.5 Å². The van der Waals surface area contributed by atoms with Crippen molar-refractivity contribution < 1.29 is 19.0 Å². The van der Waals surface area contributed by atoms with Crippen LogP contribution in [0.3, 0.4) is 0 Å². The fourth-order valence-corrected chi connectivity index (χ4v) is 4.86. The molecule has 4 aromatic rings. The Morgan fingerprint density at radius 1 is 1.31 bits per heavy atom. The van der Waals surface area contributed by atoms with Crippen molar-refractivity contribution in [3.63, 3.8) is 0 Å². The van der Waals surface area contributed by atoms with Gasteiger partial charge >= 0.3 is 5.97 Å². The number of H-pyrrole nitrogens is 1. The van der Waals surface area contributed by atoms with Crippen LogP contribution in [0.1, 0.15) is 42.5 Å². The molecule has 7 heteroatoms. The summed E-state index contributed by atoms with van der Waals surface area (Å²) in [6.07, 6.45) is 3.94.